The number of benzene rings is 1. The average Bonchev–Trinajstić information content (AvgIpc) is 2.97. The number of thioether (sulfide) groups is 1. The molecular weight excluding hydrogens is 268 g/mol. The second kappa shape index (κ2) is 6.05. The molecule has 1 unspecified atom stereocenters. The lowest BCUT2D eigenvalue weighted by Gasteiger charge is -2.09. The standard InChI is InChI=1S/C15H16N4S/c1-11-7-17-13(8-16-11)9-18-15-19-14(10-20-15)12-5-3-2-4-6-12/h2-8,14H,9-10H2,1H3,(H,18,19). The minimum atomic E-state index is 0.351. The molecule has 1 fully saturated rings. The Labute approximate surface area is 122 Å². The Hall–Kier alpha value is -1.88. The number of nitrogens with zero attached hydrogens (tertiary/aromatic N) is 3. The van der Waals surface area contributed by atoms with Crippen LogP contribution in [-0.2, 0) is 6.54 Å². The van der Waals surface area contributed by atoms with Gasteiger partial charge in [0.05, 0.1) is 30.2 Å². The zero-order valence-corrected chi connectivity index (χ0v) is 12.1. The summed E-state index contributed by atoms with van der Waals surface area (Å²) in [5, 5.41) is 4.44. The average molecular weight is 284 g/mol. The second-order valence-corrected chi connectivity index (χ2v) is 5.70. The molecule has 0 bridgehead atoms. The SMILES string of the molecule is Cc1cnc(CN=C2NC(c3ccccc3)CS2)cn1. The van der Waals surface area contributed by atoms with Gasteiger partial charge < -0.3 is 5.32 Å². The van der Waals surface area contributed by atoms with Crippen LogP contribution in [-0.4, -0.2) is 20.9 Å². The molecule has 20 heavy (non-hydrogen) atoms. The first-order valence-electron chi connectivity index (χ1n) is 6.57. The maximum Gasteiger partial charge on any atom is 0.157 e. The third-order valence-electron chi connectivity index (χ3n) is 3.11. The number of rotatable bonds is 3. The van der Waals surface area contributed by atoms with Gasteiger partial charge >= 0.3 is 0 Å². The van der Waals surface area contributed by atoms with Crippen molar-refractivity contribution in [2.45, 2.75) is 19.5 Å². The molecule has 1 saturated heterocycles. The Morgan fingerprint density at radius 1 is 1.25 bits per heavy atom. The summed E-state index contributed by atoms with van der Waals surface area (Å²) in [4.78, 5) is 13.1. The molecule has 1 atom stereocenters. The quantitative estimate of drug-likeness (QED) is 0.941. The van der Waals surface area contributed by atoms with Crippen molar-refractivity contribution < 1.29 is 0 Å². The first-order valence-corrected chi connectivity index (χ1v) is 7.56. The topological polar surface area (TPSA) is 50.2 Å². The lowest BCUT2D eigenvalue weighted by Crippen LogP contribution is -2.19. The predicted molar refractivity (Wildman–Crippen MR) is 82.7 cm³/mol. The van der Waals surface area contributed by atoms with Gasteiger partial charge in [0.1, 0.15) is 0 Å². The van der Waals surface area contributed by atoms with Crippen LogP contribution in [0.2, 0.25) is 0 Å². The van der Waals surface area contributed by atoms with E-state index in [0.717, 1.165) is 22.3 Å². The van der Waals surface area contributed by atoms with Crippen LogP contribution in [0.15, 0.2) is 47.7 Å². The summed E-state index contributed by atoms with van der Waals surface area (Å²) in [7, 11) is 0. The molecule has 3 rings (SSSR count). The van der Waals surface area contributed by atoms with E-state index in [1.807, 2.05) is 13.0 Å². The zero-order valence-electron chi connectivity index (χ0n) is 11.3. The van der Waals surface area contributed by atoms with Gasteiger partial charge in [0.15, 0.2) is 5.17 Å². The summed E-state index contributed by atoms with van der Waals surface area (Å²) in [5.74, 6) is 1.02. The number of hydrogen-bond donors (Lipinski definition) is 1. The number of aliphatic imine (C=N–C) groups is 1. The first kappa shape index (κ1) is 13.1. The largest absolute Gasteiger partial charge is 0.357 e. The highest BCUT2D eigenvalue weighted by Gasteiger charge is 2.21. The van der Waals surface area contributed by atoms with E-state index in [0.29, 0.717) is 12.6 Å². The van der Waals surface area contributed by atoms with Crippen molar-refractivity contribution in [2.24, 2.45) is 4.99 Å². The van der Waals surface area contributed by atoms with Crippen LogP contribution >= 0.6 is 11.8 Å². The first-order chi connectivity index (χ1) is 9.81. The van der Waals surface area contributed by atoms with Crippen LogP contribution in [0.3, 0.4) is 0 Å². The van der Waals surface area contributed by atoms with Crippen LogP contribution in [0.1, 0.15) is 23.0 Å². The highest BCUT2D eigenvalue weighted by atomic mass is 32.2. The lowest BCUT2D eigenvalue weighted by molar-refractivity contribution is 0.747. The highest BCUT2D eigenvalue weighted by molar-refractivity contribution is 8.14. The van der Waals surface area contributed by atoms with E-state index in [2.05, 4.69) is 44.5 Å². The fraction of sp³-hybridized carbons (Fsp3) is 0.267. The van der Waals surface area contributed by atoms with Gasteiger partial charge in [0.25, 0.3) is 0 Å². The van der Waals surface area contributed by atoms with Crippen molar-refractivity contribution in [3.8, 4) is 0 Å². The predicted octanol–water partition coefficient (Wildman–Crippen LogP) is 2.72. The van der Waals surface area contributed by atoms with Crippen molar-refractivity contribution >= 4 is 16.9 Å². The van der Waals surface area contributed by atoms with Gasteiger partial charge in [-0.3, -0.25) is 15.0 Å². The molecule has 0 radical (unpaired) electrons. The summed E-state index contributed by atoms with van der Waals surface area (Å²) in [6.45, 7) is 2.51. The molecule has 1 N–H and O–H groups in total. The Balaban J connectivity index is 1.62. The van der Waals surface area contributed by atoms with Crippen molar-refractivity contribution in [3.05, 3.63) is 59.7 Å². The van der Waals surface area contributed by atoms with Crippen LogP contribution < -0.4 is 5.32 Å². The van der Waals surface area contributed by atoms with E-state index in [4.69, 9.17) is 0 Å². The maximum absolute atomic E-state index is 4.56. The summed E-state index contributed by atoms with van der Waals surface area (Å²) in [6, 6.07) is 10.8. The Morgan fingerprint density at radius 2 is 2.10 bits per heavy atom. The monoisotopic (exact) mass is 284 g/mol. The van der Waals surface area contributed by atoms with Crippen LogP contribution in [0.4, 0.5) is 0 Å². The van der Waals surface area contributed by atoms with Gasteiger partial charge in [0.2, 0.25) is 0 Å². The van der Waals surface area contributed by atoms with E-state index < -0.39 is 0 Å². The van der Waals surface area contributed by atoms with Crippen LogP contribution in [0, 0.1) is 6.92 Å². The smallest absolute Gasteiger partial charge is 0.157 e. The molecule has 1 aromatic heterocycles. The third-order valence-corrected chi connectivity index (χ3v) is 4.13. The van der Waals surface area contributed by atoms with E-state index in [-0.39, 0.29) is 0 Å². The van der Waals surface area contributed by atoms with Gasteiger partial charge in [0, 0.05) is 11.9 Å². The van der Waals surface area contributed by atoms with Gasteiger partial charge in [-0.25, -0.2) is 0 Å². The normalized spacial score (nSPS) is 20.1. The molecule has 0 saturated carbocycles. The van der Waals surface area contributed by atoms with Gasteiger partial charge in [-0.1, -0.05) is 42.1 Å². The Morgan fingerprint density at radius 3 is 2.85 bits per heavy atom. The summed E-state index contributed by atoms with van der Waals surface area (Å²) in [5.41, 5.74) is 3.13. The van der Waals surface area contributed by atoms with E-state index in [9.17, 15) is 0 Å². The van der Waals surface area contributed by atoms with E-state index in [1.54, 1.807) is 24.2 Å². The molecule has 2 aromatic rings. The van der Waals surface area contributed by atoms with E-state index >= 15 is 0 Å². The Bertz CT molecular complexity index is 595. The zero-order chi connectivity index (χ0) is 13.8. The molecule has 1 aromatic carbocycles. The number of nitrogens with one attached hydrogen (secondary N) is 1. The molecule has 1 aliphatic rings. The van der Waals surface area contributed by atoms with Crippen molar-refractivity contribution in [1.82, 2.24) is 15.3 Å². The molecular formula is C15H16N4S. The van der Waals surface area contributed by atoms with Gasteiger partial charge in [-0.2, -0.15) is 0 Å². The second-order valence-electron chi connectivity index (χ2n) is 4.69. The molecule has 0 aliphatic carbocycles. The van der Waals surface area contributed by atoms with Gasteiger partial charge in [-0.05, 0) is 12.5 Å². The van der Waals surface area contributed by atoms with Crippen LogP contribution in [0.5, 0.6) is 0 Å². The number of hydrogen-bond acceptors (Lipinski definition) is 4. The molecule has 2 heterocycles. The number of aromatic nitrogens is 2. The summed E-state index contributed by atoms with van der Waals surface area (Å²) < 4.78 is 0. The molecule has 0 spiro atoms. The minimum absolute atomic E-state index is 0.351. The van der Waals surface area contributed by atoms with E-state index in [1.165, 1.54) is 5.56 Å². The fourth-order valence-electron chi connectivity index (χ4n) is 2.00. The summed E-state index contributed by atoms with van der Waals surface area (Å²) in [6.07, 6.45) is 3.56. The molecule has 4 nitrogen and oxygen atoms in total. The van der Waals surface area contributed by atoms with Gasteiger partial charge in [-0.15, -0.1) is 0 Å². The Kier molecular flexibility index (Phi) is 3.97. The number of amidine groups is 1. The molecule has 1 aliphatic heterocycles. The summed E-state index contributed by atoms with van der Waals surface area (Å²) >= 11 is 1.76. The minimum Gasteiger partial charge on any atom is -0.357 e. The lowest BCUT2D eigenvalue weighted by atomic mass is 10.1. The third kappa shape index (κ3) is 3.17. The molecule has 0 amide bonds. The van der Waals surface area contributed by atoms with Crippen molar-refractivity contribution in [1.29, 1.82) is 0 Å². The van der Waals surface area contributed by atoms with Crippen LogP contribution in [0.25, 0.3) is 0 Å². The van der Waals surface area contributed by atoms with Crippen molar-refractivity contribution in [2.75, 3.05) is 5.75 Å². The number of aryl methyl sites for hydroxylation is 1. The fourth-order valence-corrected chi connectivity index (χ4v) is 2.99. The highest BCUT2D eigenvalue weighted by Crippen LogP contribution is 2.25. The maximum atomic E-state index is 4.56. The van der Waals surface area contributed by atoms with Crippen molar-refractivity contribution in [3.63, 3.8) is 0 Å². The molecule has 102 valence electrons. The molecule has 5 heteroatoms.